The van der Waals surface area contributed by atoms with E-state index in [1.807, 2.05) is 30.3 Å². The monoisotopic (exact) mass is 435 g/mol. The van der Waals surface area contributed by atoms with E-state index in [9.17, 15) is 13.2 Å². The van der Waals surface area contributed by atoms with Crippen LogP contribution in [0.15, 0.2) is 90.7 Å². The van der Waals surface area contributed by atoms with Crippen molar-refractivity contribution in [2.45, 2.75) is 45.7 Å². The van der Waals surface area contributed by atoms with Gasteiger partial charge in [-0.1, -0.05) is 81.5 Å². The first-order valence-electron chi connectivity index (χ1n) is 11.0. The van der Waals surface area contributed by atoms with Crippen LogP contribution in [0.4, 0.5) is 24.5 Å². The van der Waals surface area contributed by atoms with E-state index in [1.165, 1.54) is 5.56 Å². The van der Waals surface area contributed by atoms with Gasteiger partial charge in [-0.2, -0.15) is 13.2 Å². The van der Waals surface area contributed by atoms with Gasteiger partial charge in [-0.3, -0.25) is 0 Å². The Bertz CT molecular complexity index is 1150. The second kappa shape index (κ2) is 8.50. The molecule has 4 heteroatoms. The Kier molecular flexibility index (Phi) is 5.89. The second-order valence-corrected chi connectivity index (χ2v) is 9.22. The van der Waals surface area contributed by atoms with E-state index in [0.717, 1.165) is 27.8 Å². The molecule has 0 spiro atoms. The number of fused-ring (bicyclic) bond motifs is 1. The summed E-state index contributed by atoms with van der Waals surface area (Å²) in [6, 6.07) is 22.6. The third-order valence-corrected chi connectivity index (χ3v) is 6.09. The molecule has 0 saturated carbocycles. The van der Waals surface area contributed by atoms with Crippen molar-refractivity contribution in [1.29, 1.82) is 0 Å². The van der Waals surface area contributed by atoms with Gasteiger partial charge in [0.05, 0.1) is 12.1 Å². The number of allylic oxidation sites excluding steroid dienone is 4. The van der Waals surface area contributed by atoms with Crippen LogP contribution in [0.3, 0.4) is 0 Å². The maximum absolute atomic E-state index is 13.3. The van der Waals surface area contributed by atoms with E-state index in [1.54, 1.807) is 19.1 Å². The van der Waals surface area contributed by atoms with Crippen LogP contribution < -0.4 is 4.90 Å². The zero-order chi connectivity index (χ0) is 22.9. The molecule has 32 heavy (non-hydrogen) atoms. The maximum Gasteiger partial charge on any atom is 0.389 e. The summed E-state index contributed by atoms with van der Waals surface area (Å²) < 4.78 is 40.0. The Morgan fingerprint density at radius 1 is 0.938 bits per heavy atom. The molecule has 0 aromatic heterocycles. The number of rotatable bonds is 5. The molecule has 1 unspecified atom stereocenters. The first-order chi connectivity index (χ1) is 15.2. The van der Waals surface area contributed by atoms with Crippen molar-refractivity contribution < 1.29 is 13.2 Å². The third-order valence-electron chi connectivity index (χ3n) is 6.09. The highest BCUT2D eigenvalue weighted by Crippen LogP contribution is 2.45. The standard InChI is InChI=1S/C28H28F3N/c1-20(2)21-13-15-23(16-14-21)32(26-12-6-9-22-8-4-5-11-25(22)26)24-10-7-17-27(3,18-24)19-28(29,30)31/h4-17,20H,18-19H2,1-3H3. The molecule has 0 radical (unpaired) electrons. The maximum atomic E-state index is 13.3. The Balaban J connectivity index is 1.83. The minimum absolute atomic E-state index is 0.304. The molecule has 3 aromatic rings. The third kappa shape index (κ3) is 4.74. The zero-order valence-electron chi connectivity index (χ0n) is 18.7. The fourth-order valence-electron chi connectivity index (χ4n) is 4.53. The Morgan fingerprint density at radius 3 is 2.31 bits per heavy atom. The van der Waals surface area contributed by atoms with Crippen molar-refractivity contribution in [2.24, 2.45) is 5.41 Å². The highest BCUT2D eigenvalue weighted by atomic mass is 19.4. The highest BCUT2D eigenvalue weighted by molar-refractivity contribution is 5.97. The van der Waals surface area contributed by atoms with Gasteiger partial charge in [0.25, 0.3) is 0 Å². The molecule has 1 aliphatic carbocycles. The molecule has 1 atom stereocenters. The molecule has 1 aliphatic rings. The van der Waals surface area contributed by atoms with E-state index in [-0.39, 0.29) is 0 Å². The van der Waals surface area contributed by atoms with E-state index < -0.39 is 18.0 Å². The van der Waals surface area contributed by atoms with Crippen LogP contribution in [0, 0.1) is 5.41 Å². The summed E-state index contributed by atoms with van der Waals surface area (Å²) in [5.41, 5.74) is 3.01. The minimum Gasteiger partial charge on any atom is -0.314 e. The van der Waals surface area contributed by atoms with Crippen molar-refractivity contribution in [2.75, 3.05) is 4.90 Å². The summed E-state index contributed by atoms with van der Waals surface area (Å²) in [4.78, 5) is 2.12. The predicted octanol–water partition coefficient (Wildman–Crippen LogP) is 8.90. The summed E-state index contributed by atoms with van der Waals surface area (Å²) in [5, 5.41) is 2.16. The molecule has 4 rings (SSSR count). The molecular weight excluding hydrogens is 407 g/mol. The molecule has 0 aliphatic heterocycles. The number of anilines is 2. The van der Waals surface area contributed by atoms with Gasteiger partial charge in [0.15, 0.2) is 0 Å². The summed E-state index contributed by atoms with van der Waals surface area (Å²) in [6.07, 6.45) is 0.640. The first-order valence-corrected chi connectivity index (χ1v) is 11.0. The van der Waals surface area contributed by atoms with Gasteiger partial charge in [0.1, 0.15) is 0 Å². The van der Waals surface area contributed by atoms with Crippen LogP contribution in [0.2, 0.25) is 0 Å². The largest absolute Gasteiger partial charge is 0.389 e. The molecule has 0 fully saturated rings. The summed E-state index contributed by atoms with van der Waals surface area (Å²) >= 11 is 0. The summed E-state index contributed by atoms with van der Waals surface area (Å²) in [7, 11) is 0. The van der Waals surface area contributed by atoms with E-state index in [0.29, 0.717) is 12.3 Å². The molecule has 3 aromatic carbocycles. The average Bonchev–Trinajstić information content (AvgIpc) is 2.73. The van der Waals surface area contributed by atoms with Crippen molar-refractivity contribution >= 4 is 22.1 Å². The van der Waals surface area contributed by atoms with Gasteiger partial charge in [-0.05, 0) is 53.0 Å². The summed E-state index contributed by atoms with van der Waals surface area (Å²) in [6.45, 7) is 5.98. The Hall–Kier alpha value is -3.01. The lowest BCUT2D eigenvalue weighted by atomic mass is 9.78. The highest BCUT2D eigenvalue weighted by Gasteiger charge is 2.40. The van der Waals surface area contributed by atoms with Crippen molar-refractivity contribution in [3.63, 3.8) is 0 Å². The van der Waals surface area contributed by atoms with Gasteiger partial charge in [0, 0.05) is 16.8 Å². The van der Waals surface area contributed by atoms with Crippen LogP contribution >= 0.6 is 0 Å². The van der Waals surface area contributed by atoms with Crippen molar-refractivity contribution in [1.82, 2.24) is 0 Å². The second-order valence-electron chi connectivity index (χ2n) is 9.22. The molecule has 0 saturated heterocycles. The molecule has 0 N–H and O–H groups in total. The number of benzene rings is 3. The number of halogens is 3. The molecular formula is C28H28F3N. The molecule has 166 valence electrons. The van der Waals surface area contributed by atoms with Crippen LogP contribution in [-0.4, -0.2) is 6.18 Å². The minimum atomic E-state index is -4.22. The van der Waals surface area contributed by atoms with Crippen LogP contribution in [-0.2, 0) is 0 Å². The smallest absolute Gasteiger partial charge is 0.314 e. The number of hydrogen-bond donors (Lipinski definition) is 0. The predicted molar refractivity (Wildman–Crippen MR) is 127 cm³/mol. The SMILES string of the molecule is CC(C)c1ccc(N(C2=CC=CC(C)(CC(F)(F)F)C2)c2cccc3ccccc23)cc1. The van der Waals surface area contributed by atoms with E-state index in [4.69, 9.17) is 0 Å². The Morgan fingerprint density at radius 2 is 1.62 bits per heavy atom. The van der Waals surface area contributed by atoms with Gasteiger partial charge >= 0.3 is 6.18 Å². The molecule has 1 nitrogen and oxygen atoms in total. The lowest BCUT2D eigenvalue weighted by Gasteiger charge is -2.37. The normalized spacial score (nSPS) is 18.8. The number of nitrogens with zero attached hydrogens (tertiary/aromatic N) is 1. The fraction of sp³-hybridized carbons (Fsp3) is 0.286. The molecule has 0 bridgehead atoms. The van der Waals surface area contributed by atoms with Crippen LogP contribution in [0.25, 0.3) is 10.8 Å². The number of hydrogen-bond acceptors (Lipinski definition) is 1. The van der Waals surface area contributed by atoms with Gasteiger partial charge in [-0.15, -0.1) is 0 Å². The lowest BCUT2D eigenvalue weighted by Crippen LogP contribution is -2.29. The van der Waals surface area contributed by atoms with Crippen molar-refractivity contribution in [3.05, 3.63) is 96.2 Å². The van der Waals surface area contributed by atoms with Crippen molar-refractivity contribution in [3.8, 4) is 0 Å². The molecule has 0 heterocycles. The van der Waals surface area contributed by atoms with E-state index in [2.05, 4.69) is 61.2 Å². The van der Waals surface area contributed by atoms with Crippen LogP contribution in [0.5, 0.6) is 0 Å². The average molecular weight is 436 g/mol. The Labute approximate surface area is 187 Å². The number of alkyl halides is 3. The van der Waals surface area contributed by atoms with Crippen LogP contribution in [0.1, 0.15) is 45.1 Å². The summed E-state index contributed by atoms with van der Waals surface area (Å²) in [5.74, 6) is 0.405. The van der Waals surface area contributed by atoms with E-state index >= 15 is 0 Å². The topological polar surface area (TPSA) is 3.24 Å². The molecule has 0 amide bonds. The van der Waals surface area contributed by atoms with Gasteiger partial charge in [0.2, 0.25) is 0 Å². The van der Waals surface area contributed by atoms with Gasteiger partial charge < -0.3 is 4.90 Å². The van der Waals surface area contributed by atoms with Gasteiger partial charge in [-0.25, -0.2) is 0 Å². The quantitative estimate of drug-likeness (QED) is 0.387. The fourth-order valence-corrected chi connectivity index (χ4v) is 4.53. The first kappa shape index (κ1) is 22.2. The zero-order valence-corrected chi connectivity index (χ0v) is 18.7. The lowest BCUT2D eigenvalue weighted by molar-refractivity contribution is -0.151.